The first-order valence-electron chi connectivity index (χ1n) is 7.56. The van der Waals surface area contributed by atoms with Gasteiger partial charge < -0.3 is 20.3 Å². The van der Waals surface area contributed by atoms with Gasteiger partial charge in [-0.15, -0.1) is 0 Å². The van der Waals surface area contributed by atoms with E-state index in [2.05, 4.69) is 34.4 Å². The van der Waals surface area contributed by atoms with E-state index in [-0.39, 0.29) is 6.03 Å². The van der Waals surface area contributed by atoms with Gasteiger partial charge in [0.05, 0.1) is 18.5 Å². The van der Waals surface area contributed by atoms with Crippen LogP contribution in [0.15, 0.2) is 18.3 Å². The maximum absolute atomic E-state index is 11.8. The van der Waals surface area contributed by atoms with Crippen LogP contribution in [0.5, 0.6) is 0 Å². The number of aromatic nitrogens is 1. The molecule has 1 aliphatic rings. The fraction of sp³-hybridized carbons (Fsp3) is 0.600. The molecule has 1 aliphatic heterocycles. The molecule has 0 bridgehead atoms. The number of nitrogens with one attached hydrogen (secondary N) is 2. The Morgan fingerprint density at radius 2 is 2.24 bits per heavy atom. The average Bonchev–Trinajstić information content (AvgIpc) is 3.01. The predicted octanol–water partition coefficient (Wildman–Crippen LogP) is 2.09. The van der Waals surface area contributed by atoms with Gasteiger partial charge in [0.15, 0.2) is 0 Å². The summed E-state index contributed by atoms with van der Waals surface area (Å²) in [6.07, 6.45) is 2.70. The lowest BCUT2D eigenvalue weighted by atomic mass is 10.1. The summed E-state index contributed by atoms with van der Waals surface area (Å²) in [5.41, 5.74) is 0.700. The van der Waals surface area contributed by atoms with Crippen LogP contribution in [0.2, 0.25) is 0 Å². The maximum atomic E-state index is 11.8. The van der Waals surface area contributed by atoms with E-state index in [4.69, 9.17) is 4.74 Å². The average molecular weight is 292 g/mol. The van der Waals surface area contributed by atoms with Gasteiger partial charge in [0.1, 0.15) is 5.82 Å². The highest BCUT2D eigenvalue weighted by atomic mass is 16.5. The molecule has 6 heteroatoms. The van der Waals surface area contributed by atoms with Gasteiger partial charge in [-0.05, 0) is 32.4 Å². The van der Waals surface area contributed by atoms with Gasteiger partial charge in [-0.3, -0.25) is 0 Å². The Morgan fingerprint density at radius 1 is 1.43 bits per heavy atom. The minimum absolute atomic E-state index is 0.195. The Morgan fingerprint density at radius 3 is 2.81 bits per heavy atom. The number of pyridine rings is 1. The summed E-state index contributed by atoms with van der Waals surface area (Å²) >= 11 is 0. The Bertz CT molecular complexity index is 439. The molecular weight excluding hydrogens is 268 g/mol. The van der Waals surface area contributed by atoms with Crippen molar-refractivity contribution in [3.63, 3.8) is 0 Å². The molecule has 2 rings (SSSR count). The minimum Gasteiger partial charge on any atom is -0.381 e. The summed E-state index contributed by atoms with van der Waals surface area (Å²) in [7, 11) is 0. The number of anilines is 2. The molecule has 0 saturated carbocycles. The highest BCUT2D eigenvalue weighted by Gasteiger charge is 2.16. The van der Waals surface area contributed by atoms with Gasteiger partial charge in [-0.25, -0.2) is 9.78 Å². The molecule has 2 amide bonds. The number of carbonyl (C=O) groups is 1. The van der Waals surface area contributed by atoms with E-state index < -0.39 is 0 Å². The van der Waals surface area contributed by atoms with Crippen molar-refractivity contribution in [3.05, 3.63) is 18.3 Å². The smallest absolute Gasteiger partial charge is 0.319 e. The van der Waals surface area contributed by atoms with E-state index in [1.54, 1.807) is 6.20 Å². The molecule has 1 saturated heterocycles. The lowest BCUT2D eigenvalue weighted by molar-refractivity contribution is 0.185. The zero-order chi connectivity index (χ0) is 15.1. The molecule has 0 aliphatic carbocycles. The topological polar surface area (TPSA) is 66.5 Å². The molecule has 116 valence electrons. The van der Waals surface area contributed by atoms with Gasteiger partial charge in [-0.1, -0.05) is 0 Å². The third-order valence-corrected chi connectivity index (χ3v) is 3.67. The SMILES string of the molecule is CCN(CC)c1ccc(NC(=O)NC[C@@H]2CCOC2)cn1. The fourth-order valence-electron chi connectivity index (χ4n) is 2.35. The Labute approximate surface area is 125 Å². The van der Waals surface area contributed by atoms with Crippen LogP contribution in [0.1, 0.15) is 20.3 Å². The molecule has 1 aromatic rings. The Kier molecular flexibility index (Phi) is 5.80. The molecule has 2 heterocycles. The van der Waals surface area contributed by atoms with E-state index in [1.807, 2.05) is 12.1 Å². The molecule has 6 nitrogen and oxygen atoms in total. The summed E-state index contributed by atoms with van der Waals surface area (Å²) in [5, 5.41) is 5.66. The van der Waals surface area contributed by atoms with Crippen molar-refractivity contribution in [1.29, 1.82) is 0 Å². The van der Waals surface area contributed by atoms with Crippen molar-refractivity contribution in [2.45, 2.75) is 20.3 Å². The van der Waals surface area contributed by atoms with Gasteiger partial charge in [0.25, 0.3) is 0 Å². The summed E-state index contributed by atoms with van der Waals surface area (Å²) in [6, 6.07) is 3.60. The van der Waals surface area contributed by atoms with Crippen LogP contribution in [0.3, 0.4) is 0 Å². The number of nitrogens with zero attached hydrogens (tertiary/aromatic N) is 2. The summed E-state index contributed by atoms with van der Waals surface area (Å²) in [6.45, 7) is 8.21. The molecule has 1 atom stereocenters. The highest BCUT2D eigenvalue weighted by Crippen LogP contribution is 2.14. The molecule has 2 N–H and O–H groups in total. The third-order valence-electron chi connectivity index (χ3n) is 3.67. The zero-order valence-corrected chi connectivity index (χ0v) is 12.8. The molecule has 0 radical (unpaired) electrons. The number of carbonyl (C=O) groups excluding carboxylic acids is 1. The highest BCUT2D eigenvalue weighted by molar-refractivity contribution is 5.89. The number of rotatable bonds is 6. The quantitative estimate of drug-likeness (QED) is 0.842. The lowest BCUT2D eigenvalue weighted by Gasteiger charge is -2.19. The summed E-state index contributed by atoms with van der Waals surface area (Å²) in [5.74, 6) is 1.35. The van der Waals surface area contributed by atoms with Crippen molar-refractivity contribution >= 4 is 17.5 Å². The third kappa shape index (κ3) is 4.60. The molecule has 1 fully saturated rings. The number of ether oxygens (including phenoxy) is 1. The molecule has 0 spiro atoms. The first-order valence-corrected chi connectivity index (χ1v) is 7.56. The largest absolute Gasteiger partial charge is 0.381 e. The second kappa shape index (κ2) is 7.83. The van der Waals surface area contributed by atoms with E-state index in [0.717, 1.165) is 38.5 Å². The van der Waals surface area contributed by atoms with E-state index in [1.165, 1.54) is 0 Å². The van der Waals surface area contributed by atoms with Crippen LogP contribution in [0, 0.1) is 5.92 Å². The molecule has 0 aromatic carbocycles. The maximum Gasteiger partial charge on any atom is 0.319 e. The van der Waals surface area contributed by atoms with Gasteiger partial charge >= 0.3 is 6.03 Å². The van der Waals surface area contributed by atoms with E-state index >= 15 is 0 Å². The fourth-order valence-corrected chi connectivity index (χ4v) is 2.35. The monoisotopic (exact) mass is 292 g/mol. The summed E-state index contributed by atoms with van der Waals surface area (Å²) < 4.78 is 5.28. The van der Waals surface area contributed by atoms with Gasteiger partial charge in [0, 0.05) is 32.2 Å². The van der Waals surface area contributed by atoms with Crippen molar-refractivity contribution in [2.24, 2.45) is 5.92 Å². The molecule has 1 aromatic heterocycles. The first-order chi connectivity index (χ1) is 10.2. The molecule has 21 heavy (non-hydrogen) atoms. The lowest BCUT2D eigenvalue weighted by Crippen LogP contribution is -2.33. The second-order valence-electron chi connectivity index (χ2n) is 5.14. The second-order valence-corrected chi connectivity index (χ2v) is 5.14. The number of hydrogen-bond acceptors (Lipinski definition) is 4. The van der Waals surface area contributed by atoms with Crippen molar-refractivity contribution in [3.8, 4) is 0 Å². The van der Waals surface area contributed by atoms with Crippen LogP contribution in [-0.4, -0.2) is 43.9 Å². The molecular formula is C15H24N4O2. The number of urea groups is 1. The van der Waals surface area contributed by atoms with E-state index in [0.29, 0.717) is 18.2 Å². The molecule has 0 unspecified atom stereocenters. The van der Waals surface area contributed by atoms with Crippen LogP contribution in [0.25, 0.3) is 0 Å². The van der Waals surface area contributed by atoms with Crippen molar-refractivity contribution in [2.75, 3.05) is 43.1 Å². The van der Waals surface area contributed by atoms with Crippen LogP contribution >= 0.6 is 0 Å². The van der Waals surface area contributed by atoms with E-state index in [9.17, 15) is 4.79 Å². The summed E-state index contributed by atoms with van der Waals surface area (Å²) in [4.78, 5) is 18.3. The van der Waals surface area contributed by atoms with Gasteiger partial charge in [0.2, 0.25) is 0 Å². The van der Waals surface area contributed by atoms with Crippen LogP contribution in [-0.2, 0) is 4.74 Å². The zero-order valence-electron chi connectivity index (χ0n) is 12.8. The minimum atomic E-state index is -0.195. The van der Waals surface area contributed by atoms with Crippen molar-refractivity contribution in [1.82, 2.24) is 10.3 Å². The predicted molar refractivity (Wildman–Crippen MR) is 83.7 cm³/mol. The van der Waals surface area contributed by atoms with Crippen molar-refractivity contribution < 1.29 is 9.53 Å². The first kappa shape index (κ1) is 15.6. The Balaban J connectivity index is 1.80. The van der Waals surface area contributed by atoms with Crippen LogP contribution < -0.4 is 15.5 Å². The standard InChI is InChI=1S/C15H24N4O2/c1-3-19(4-2)14-6-5-13(10-16-14)18-15(20)17-9-12-7-8-21-11-12/h5-6,10,12H,3-4,7-9,11H2,1-2H3,(H2,17,18,20)/t12-/m0/s1. The normalized spacial score (nSPS) is 17.5. The number of hydrogen-bond donors (Lipinski definition) is 2. The van der Waals surface area contributed by atoms with Gasteiger partial charge in [-0.2, -0.15) is 0 Å². The Hall–Kier alpha value is -1.82. The van der Waals surface area contributed by atoms with Crippen LogP contribution in [0.4, 0.5) is 16.3 Å². The number of amides is 2.